The van der Waals surface area contributed by atoms with Gasteiger partial charge in [-0.25, -0.2) is 4.39 Å². The quantitative estimate of drug-likeness (QED) is 0.721. The van der Waals surface area contributed by atoms with E-state index in [1.54, 1.807) is 6.07 Å². The smallest absolute Gasteiger partial charge is 0.123 e. The van der Waals surface area contributed by atoms with Gasteiger partial charge in [0.1, 0.15) is 5.82 Å². The minimum atomic E-state index is -0.166. The van der Waals surface area contributed by atoms with Crippen LogP contribution in [0.1, 0.15) is 36.9 Å². The second-order valence-electron chi connectivity index (χ2n) is 3.98. The van der Waals surface area contributed by atoms with E-state index in [-0.39, 0.29) is 5.82 Å². The lowest BCUT2D eigenvalue weighted by Gasteiger charge is -2.19. The van der Waals surface area contributed by atoms with E-state index in [1.807, 2.05) is 19.1 Å². The average Bonchev–Trinajstić information content (AvgIpc) is 2.25. The highest BCUT2D eigenvalue weighted by atomic mass is 19.1. The molecule has 1 aromatic rings. The van der Waals surface area contributed by atoms with E-state index in [0.717, 1.165) is 24.9 Å². The van der Waals surface area contributed by atoms with Crippen LogP contribution in [-0.2, 0) is 0 Å². The molecule has 0 fully saturated rings. The van der Waals surface area contributed by atoms with Crippen molar-refractivity contribution in [3.8, 4) is 0 Å². The van der Waals surface area contributed by atoms with Crippen LogP contribution in [0, 0.1) is 12.7 Å². The summed E-state index contributed by atoms with van der Waals surface area (Å²) in [5, 5.41) is 3.42. The third-order valence-corrected chi connectivity index (χ3v) is 2.72. The van der Waals surface area contributed by atoms with Crippen LogP contribution < -0.4 is 5.32 Å². The molecule has 1 aromatic carbocycles. The molecule has 1 unspecified atom stereocenters. The van der Waals surface area contributed by atoms with Gasteiger partial charge in [-0.05, 0) is 49.6 Å². The Hall–Kier alpha value is -1.15. The fourth-order valence-electron chi connectivity index (χ4n) is 1.93. The summed E-state index contributed by atoms with van der Waals surface area (Å²) in [6.07, 6.45) is 3.89. The number of rotatable bonds is 6. The van der Waals surface area contributed by atoms with Gasteiger partial charge in [-0.3, -0.25) is 0 Å². The van der Waals surface area contributed by atoms with Gasteiger partial charge in [0.25, 0.3) is 0 Å². The first-order valence-corrected chi connectivity index (χ1v) is 5.79. The Balaban J connectivity index is 2.86. The van der Waals surface area contributed by atoms with E-state index < -0.39 is 0 Å². The highest BCUT2D eigenvalue weighted by Crippen LogP contribution is 2.22. The van der Waals surface area contributed by atoms with Gasteiger partial charge in [-0.15, -0.1) is 6.58 Å². The molecule has 1 nitrogen and oxygen atoms in total. The van der Waals surface area contributed by atoms with E-state index >= 15 is 0 Å². The molecule has 0 aromatic heterocycles. The van der Waals surface area contributed by atoms with Gasteiger partial charge in [0.15, 0.2) is 0 Å². The zero-order valence-corrected chi connectivity index (χ0v) is 10.1. The van der Waals surface area contributed by atoms with Gasteiger partial charge in [-0.2, -0.15) is 0 Å². The molecule has 0 spiro atoms. The van der Waals surface area contributed by atoms with Crippen LogP contribution in [0.25, 0.3) is 0 Å². The maximum absolute atomic E-state index is 13.0. The highest BCUT2D eigenvalue weighted by molar-refractivity contribution is 5.29. The molecule has 2 heteroatoms. The molecule has 0 radical (unpaired) electrons. The molecule has 0 saturated heterocycles. The average molecular weight is 221 g/mol. The van der Waals surface area contributed by atoms with Gasteiger partial charge in [-0.1, -0.05) is 19.1 Å². The van der Waals surface area contributed by atoms with Crippen molar-refractivity contribution in [1.29, 1.82) is 0 Å². The van der Waals surface area contributed by atoms with Crippen molar-refractivity contribution in [3.05, 3.63) is 47.8 Å². The topological polar surface area (TPSA) is 12.0 Å². The Morgan fingerprint density at radius 2 is 2.25 bits per heavy atom. The molecule has 88 valence electrons. The van der Waals surface area contributed by atoms with Gasteiger partial charge in [0.05, 0.1) is 0 Å². The Morgan fingerprint density at radius 1 is 1.50 bits per heavy atom. The molecule has 0 aliphatic carbocycles. The Bertz CT molecular complexity index is 347. The maximum atomic E-state index is 13.0. The van der Waals surface area contributed by atoms with Crippen molar-refractivity contribution in [3.63, 3.8) is 0 Å². The van der Waals surface area contributed by atoms with Crippen LogP contribution in [0.2, 0.25) is 0 Å². The van der Waals surface area contributed by atoms with E-state index in [1.165, 1.54) is 11.6 Å². The molecule has 16 heavy (non-hydrogen) atoms. The number of benzene rings is 1. The van der Waals surface area contributed by atoms with E-state index in [4.69, 9.17) is 0 Å². The fraction of sp³-hybridized carbons (Fsp3) is 0.429. The minimum Gasteiger partial charge on any atom is -0.310 e. The van der Waals surface area contributed by atoms with Gasteiger partial charge in [0.2, 0.25) is 0 Å². The third kappa shape index (κ3) is 3.46. The van der Waals surface area contributed by atoms with Crippen LogP contribution in [0.5, 0.6) is 0 Å². The summed E-state index contributed by atoms with van der Waals surface area (Å²) in [6.45, 7) is 8.69. The minimum absolute atomic E-state index is 0.166. The van der Waals surface area contributed by atoms with E-state index in [0.29, 0.717) is 6.04 Å². The van der Waals surface area contributed by atoms with Crippen molar-refractivity contribution >= 4 is 0 Å². The van der Waals surface area contributed by atoms with Gasteiger partial charge >= 0.3 is 0 Å². The zero-order valence-electron chi connectivity index (χ0n) is 10.1. The summed E-state index contributed by atoms with van der Waals surface area (Å²) in [5.74, 6) is -0.166. The SMILES string of the molecule is C=CCCC(NCC)c1ccc(F)cc1C. The summed E-state index contributed by atoms with van der Waals surface area (Å²) in [4.78, 5) is 0. The third-order valence-electron chi connectivity index (χ3n) is 2.72. The van der Waals surface area contributed by atoms with Crippen molar-refractivity contribution < 1.29 is 4.39 Å². The summed E-state index contributed by atoms with van der Waals surface area (Å²) in [6, 6.07) is 5.29. The van der Waals surface area contributed by atoms with E-state index in [2.05, 4.69) is 18.8 Å². The summed E-state index contributed by atoms with van der Waals surface area (Å²) in [7, 11) is 0. The number of nitrogens with one attached hydrogen (secondary N) is 1. The molecule has 0 saturated carbocycles. The number of allylic oxidation sites excluding steroid dienone is 1. The number of halogens is 1. The van der Waals surface area contributed by atoms with Crippen LogP contribution in [0.3, 0.4) is 0 Å². The first-order valence-electron chi connectivity index (χ1n) is 5.79. The highest BCUT2D eigenvalue weighted by Gasteiger charge is 2.11. The second-order valence-corrected chi connectivity index (χ2v) is 3.98. The van der Waals surface area contributed by atoms with Crippen LogP contribution in [-0.4, -0.2) is 6.54 Å². The predicted molar refractivity (Wildman–Crippen MR) is 67.0 cm³/mol. The molecule has 0 aliphatic rings. The number of hydrogen-bond acceptors (Lipinski definition) is 1. The van der Waals surface area contributed by atoms with Gasteiger partial charge < -0.3 is 5.32 Å². The van der Waals surface area contributed by atoms with Crippen LogP contribution in [0.15, 0.2) is 30.9 Å². The largest absolute Gasteiger partial charge is 0.310 e. The first kappa shape index (κ1) is 12.9. The fourth-order valence-corrected chi connectivity index (χ4v) is 1.93. The second kappa shape index (κ2) is 6.44. The van der Waals surface area contributed by atoms with Gasteiger partial charge in [0, 0.05) is 6.04 Å². The standard InChI is InChI=1S/C14H20FN/c1-4-6-7-14(16-5-2)13-9-8-12(15)10-11(13)3/h4,8-10,14,16H,1,5-7H2,2-3H3. The first-order chi connectivity index (χ1) is 7.69. The Kier molecular flexibility index (Phi) is 5.20. The van der Waals surface area contributed by atoms with Crippen LogP contribution >= 0.6 is 0 Å². The lowest BCUT2D eigenvalue weighted by molar-refractivity contribution is 0.516. The van der Waals surface area contributed by atoms with Crippen molar-refractivity contribution in [2.75, 3.05) is 6.54 Å². The normalized spacial score (nSPS) is 12.4. The maximum Gasteiger partial charge on any atom is 0.123 e. The van der Waals surface area contributed by atoms with Crippen molar-refractivity contribution in [1.82, 2.24) is 5.32 Å². The van der Waals surface area contributed by atoms with Crippen molar-refractivity contribution in [2.24, 2.45) is 0 Å². The lowest BCUT2D eigenvalue weighted by atomic mass is 9.97. The van der Waals surface area contributed by atoms with E-state index in [9.17, 15) is 4.39 Å². The molecule has 1 N–H and O–H groups in total. The molecule has 0 amide bonds. The number of aryl methyl sites for hydroxylation is 1. The summed E-state index contributed by atoms with van der Waals surface area (Å²) >= 11 is 0. The molecule has 1 rings (SSSR count). The molecular formula is C14H20FN. The molecule has 0 aliphatic heterocycles. The molecule has 1 atom stereocenters. The molecule has 0 bridgehead atoms. The Morgan fingerprint density at radius 3 is 2.81 bits per heavy atom. The predicted octanol–water partition coefficient (Wildman–Crippen LogP) is 3.75. The Labute approximate surface area is 97.4 Å². The monoisotopic (exact) mass is 221 g/mol. The molecule has 0 heterocycles. The summed E-state index contributed by atoms with van der Waals surface area (Å²) in [5.41, 5.74) is 2.19. The zero-order chi connectivity index (χ0) is 12.0. The van der Waals surface area contributed by atoms with Crippen molar-refractivity contribution in [2.45, 2.75) is 32.7 Å². The lowest BCUT2D eigenvalue weighted by Crippen LogP contribution is -2.21. The van der Waals surface area contributed by atoms with Crippen LogP contribution in [0.4, 0.5) is 4.39 Å². The molecular weight excluding hydrogens is 201 g/mol. The number of hydrogen-bond donors (Lipinski definition) is 1. The summed E-state index contributed by atoms with van der Waals surface area (Å²) < 4.78 is 13.0.